The standard InChI is InChI=1S/C21H17BrN2O3/c22-17-9-11-18(12-10-17)23-20(14-21(25)15-5-2-1-3-6-15)16-7-4-8-19(13-16)24(26)27/h1-13,20,23H,14H2. The number of nitro benzene ring substituents is 1. The number of nitro groups is 1. The maximum absolute atomic E-state index is 12.7. The van der Waals surface area contributed by atoms with Crippen LogP contribution in [0.5, 0.6) is 0 Å². The number of carbonyl (C=O) groups excluding carboxylic acids is 1. The summed E-state index contributed by atoms with van der Waals surface area (Å²) in [6, 6.07) is 22.6. The van der Waals surface area contributed by atoms with E-state index in [1.165, 1.54) is 12.1 Å². The first-order chi connectivity index (χ1) is 13.0. The first kappa shape index (κ1) is 18.8. The average Bonchev–Trinajstić information content (AvgIpc) is 2.70. The van der Waals surface area contributed by atoms with Crippen LogP contribution in [0, 0.1) is 10.1 Å². The highest BCUT2D eigenvalue weighted by molar-refractivity contribution is 9.10. The summed E-state index contributed by atoms with van der Waals surface area (Å²) in [6.45, 7) is 0. The Morgan fingerprint density at radius 2 is 1.70 bits per heavy atom. The highest BCUT2D eigenvalue weighted by Crippen LogP contribution is 2.27. The van der Waals surface area contributed by atoms with Crippen molar-refractivity contribution in [3.63, 3.8) is 0 Å². The number of ketones is 1. The Labute approximate surface area is 165 Å². The zero-order chi connectivity index (χ0) is 19.2. The van der Waals surface area contributed by atoms with E-state index < -0.39 is 11.0 Å². The third-order valence-corrected chi connectivity index (χ3v) is 4.68. The van der Waals surface area contributed by atoms with E-state index >= 15 is 0 Å². The molecule has 3 aromatic rings. The summed E-state index contributed by atoms with van der Waals surface area (Å²) in [5.41, 5.74) is 2.14. The minimum absolute atomic E-state index is 0.00210. The molecule has 0 aliphatic heterocycles. The van der Waals surface area contributed by atoms with Gasteiger partial charge in [0.2, 0.25) is 0 Å². The SMILES string of the molecule is O=C(CC(Nc1ccc(Br)cc1)c1cccc([N+](=O)[O-])c1)c1ccccc1. The van der Waals surface area contributed by atoms with Crippen molar-refractivity contribution < 1.29 is 9.72 Å². The molecule has 136 valence electrons. The highest BCUT2D eigenvalue weighted by Gasteiger charge is 2.19. The van der Waals surface area contributed by atoms with Crippen LogP contribution in [0.4, 0.5) is 11.4 Å². The summed E-state index contributed by atoms with van der Waals surface area (Å²) >= 11 is 3.40. The van der Waals surface area contributed by atoms with Gasteiger partial charge in [0, 0.05) is 34.3 Å². The van der Waals surface area contributed by atoms with Crippen molar-refractivity contribution in [2.45, 2.75) is 12.5 Å². The number of nitrogens with zero attached hydrogens (tertiary/aromatic N) is 1. The van der Waals surface area contributed by atoms with Crippen LogP contribution >= 0.6 is 15.9 Å². The van der Waals surface area contributed by atoms with Gasteiger partial charge in [-0.1, -0.05) is 58.4 Å². The molecule has 0 amide bonds. The van der Waals surface area contributed by atoms with Gasteiger partial charge < -0.3 is 5.32 Å². The Bertz CT molecular complexity index is 943. The average molecular weight is 425 g/mol. The smallest absolute Gasteiger partial charge is 0.269 e. The van der Waals surface area contributed by atoms with Gasteiger partial charge in [-0.05, 0) is 29.8 Å². The van der Waals surface area contributed by atoms with Crippen LogP contribution in [0.1, 0.15) is 28.4 Å². The molecule has 3 aromatic carbocycles. The number of rotatable bonds is 7. The van der Waals surface area contributed by atoms with Crippen molar-refractivity contribution >= 4 is 33.1 Å². The van der Waals surface area contributed by atoms with Crippen LogP contribution in [-0.2, 0) is 0 Å². The van der Waals surface area contributed by atoms with E-state index in [1.54, 1.807) is 24.3 Å². The summed E-state index contributed by atoms with van der Waals surface area (Å²) in [6.07, 6.45) is 0.182. The summed E-state index contributed by atoms with van der Waals surface area (Å²) in [7, 11) is 0. The maximum Gasteiger partial charge on any atom is 0.269 e. The number of non-ortho nitro benzene ring substituents is 1. The molecule has 0 heterocycles. The van der Waals surface area contributed by atoms with Crippen LogP contribution < -0.4 is 5.32 Å². The van der Waals surface area contributed by atoms with Crippen molar-refractivity contribution in [2.75, 3.05) is 5.32 Å². The first-order valence-electron chi connectivity index (χ1n) is 8.37. The summed E-state index contributed by atoms with van der Waals surface area (Å²) < 4.78 is 0.945. The fraction of sp³-hybridized carbons (Fsp3) is 0.0952. The Balaban J connectivity index is 1.90. The third kappa shape index (κ3) is 5.01. The van der Waals surface area contributed by atoms with Gasteiger partial charge in [-0.15, -0.1) is 0 Å². The van der Waals surface area contributed by atoms with Gasteiger partial charge in [0.05, 0.1) is 11.0 Å². The second-order valence-electron chi connectivity index (χ2n) is 6.05. The molecule has 27 heavy (non-hydrogen) atoms. The van der Waals surface area contributed by atoms with Crippen molar-refractivity contribution in [2.24, 2.45) is 0 Å². The lowest BCUT2D eigenvalue weighted by atomic mass is 9.97. The fourth-order valence-corrected chi connectivity index (χ4v) is 3.05. The second-order valence-corrected chi connectivity index (χ2v) is 6.96. The topological polar surface area (TPSA) is 72.2 Å². The largest absolute Gasteiger partial charge is 0.378 e. The van der Waals surface area contributed by atoms with Crippen molar-refractivity contribution in [1.29, 1.82) is 0 Å². The number of nitrogens with one attached hydrogen (secondary N) is 1. The second kappa shape index (κ2) is 8.60. The molecular weight excluding hydrogens is 408 g/mol. The van der Waals surface area contributed by atoms with Crippen LogP contribution in [0.15, 0.2) is 83.3 Å². The summed E-state index contributed by atoms with van der Waals surface area (Å²) in [4.78, 5) is 23.4. The molecule has 0 saturated carbocycles. The zero-order valence-electron chi connectivity index (χ0n) is 14.3. The van der Waals surface area contributed by atoms with Crippen molar-refractivity contribution in [3.05, 3.63) is 105 Å². The molecular formula is C21H17BrN2O3. The molecule has 0 radical (unpaired) electrons. The predicted octanol–water partition coefficient (Wildman–Crippen LogP) is 5.78. The lowest BCUT2D eigenvalue weighted by Crippen LogP contribution is -2.16. The Morgan fingerprint density at radius 3 is 2.37 bits per heavy atom. The van der Waals surface area contributed by atoms with E-state index in [4.69, 9.17) is 0 Å². The molecule has 5 nitrogen and oxygen atoms in total. The minimum Gasteiger partial charge on any atom is -0.378 e. The maximum atomic E-state index is 12.7. The number of carbonyl (C=O) groups is 1. The highest BCUT2D eigenvalue weighted by atomic mass is 79.9. The molecule has 0 bridgehead atoms. The van der Waals surface area contributed by atoms with Crippen molar-refractivity contribution in [3.8, 4) is 0 Å². The van der Waals surface area contributed by atoms with Gasteiger partial charge >= 0.3 is 0 Å². The molecule has 0 fully saturated rings. The molecule has 1 atom stereocenters. The molecule has 0 aliphatic carbocycles. The van der Waals surface area contributed by atoms with Gasteiger partial charge in [0.1, 0.15) is 0 Å². The fourth-order valence-electron chi connectivity index (χ4n) is 2.78. The first-order valence-corrected chi connectivity index (χ1v) is 9.17. The van der Waals surface area contributed by atoms with Crippen LogP contribution in [0.25, 0.3) is 0 Å². The van der Waals surface area contributed by atoms with Gasteiger partial charge in [-0.3, -0.25) is 14.9 Å². The van der Waals surface area contributed by atoms with Crippen LogP contribution in [0.3, 0.4) is 0 Å². The molecule has 0 spiro atoms. The van der Waals surface area contributed by atoms with E-state index in [0.29, 0.717) is 11.1 Å². The van der Waals surface area contributed by atoms with E-state index in [-0.39, 0.29) is 17.9 Å². The van der Waals surface area contributed by atoms with E-state index in [2.05, 4.69) is 21.2 Å². The summed E-state index contributed by atoms with van der Waals surface area (Å²) in [5, 5.41) is 14.5. The zero-order valence-corrected chi connectivity index (χ0v) is 15.9. The number of halogens is 1. The lowest BCUT2D eigenvalue weighted by molar-refractivity contribution is -0.384. The molecule has 1 unspecified atom stereocenters. The molecule has 1 N–H and O–H groups in total. The molecule has 0 aliphatic rings. The summed E-state index contributed by atoms with van der Waals surface area (Å²) in [5.74, 6) is -0.0308. The quantitative estimate of drug-likeness (QED) is 0.296. The van der Waals surface area contributed by atoms with Gasteiger partial charge in [0.25, 0.3) is 5.69 Å². The van der Waals surface area contributed by atoms with Gasteiger partial charge in [-0.25, -0.2) is 0 Å². The number of Topliss-reactive ketones (excluding diaryl/α,β-unsaturated/α-hetero) is 1. The van der Waals surface area contributed by atoms with Crippen molar-refractivity contribution in [1.82, 2.24) is 0 Å². The lowest BCUT2D eigenvalue weighted by Gasteiger charge is -2.20. The van der Waals surface area contributed by atoms with Gasteiger partial charge in [0.15, 0.2) is 5.78 Å². The Hall–Kier alpha value is -2.99. The number of anilines is 1. The van der Waals surface area contributed by atoms with E-state index in [1.807, 2.05) is 42.5 Å². The van der Waals surface area contributed by atoms with Crippen LogP contribution in [0.2, 0.25) is 0 Å². The monoisotopic (exact) mass is 424 g/mol. The number of benzene rings is 3. The van der Waals surface area contributed by atoms with Gasteiger partial charge in [-0.2, -0.15) is 0 Å². The minimum atomic E-state index is -0.431. The molecule has 3 rings (SSSR count). The Kier molecular flexibility index (Phi) is 5.98. The van der Waals surface area contributed by atoms with Crippen LogP contribution in [-0.4, -0.2) is 10.7 Å². The normalized spacial score (nSPS) is 11.6. The number of hydrogen-bond acceptors (Lipinski definition) is 4. The van der Waals surface area contributed by atoms with E-state index in [9.17, 15) is 14.9 Å². The van der Waals surface area contributed by atoms with E-state index in [0.717, 1.165) is 10.2 Å². The molecule has 0 saturated heterocycles. The molecule has 0 aromatic heterocycles. The third-order valence-electron chi connectivity index (χ3n) is 4.15. The molecule has 6 heteroatoms. The Morgan fingerprint density at radius 1 is 1.00 bits per heavy atom. The predicted molar refractivity (Wildman–Crippen MR) is 109 cm³/mol. The number of hydrogen-bond donors (Lipinski definition) is 1.